The molecule has 0 amide bonds. The number of aryl methyl sites for hydroxylation is 1. The SMILES string of the molecule is C#C/C(C)=C(\C=C/Cc1cc(C)cc(S(C)(=O)=O)c1)n1nc(C(C)O)c(Cl)c1-c1ccccc1Cl.CC. The molecule has 1 heterocycles. The summed E-state index contributed by atoms with van der Waals surface area (Å²) in [5.41, 5.74) is 4.32. The lowest BCUT2D eigenvalue weighted by atomic mass is 10.1. The first-order valence-corrected chi connectivity index (χ1v) is 14.4. The van der Waals surface area contributed by atoms with Crippen LogP contribution in [-0.4, -0.2) is 29.6 Å². The van der Waals surface area contributed by atoms with Gasteiger partial charge in [0.05, 0.1) is 32.4 Å². The summed E-state index contributed by atoms with van der Waals surface area (Å²) in [6.45, 7) is 9.22. The Balaban J connectivity index is 0.00000235. The lowest BCUT2D eigenvalue weighted by molar-refractivity contribution is 0.194. The highest BCUT2D eigenvalue weighted by Crippen LogP contribution is 2.39. The van der Waals surface area contributed by atoms with Crippen LogP contribution in [0.1, 0.15) is 50.6 Å². The topological polar surface area (TPSA) is 72.2 Å². The number of allylic oxidation sites excluding steroid dienone is 4. The quantitative estimate of drug-likeness (QED) is 0.243. The van der Waals surface area contributed by atoms with E-state index >= 15 is 0 Å². The Hall–Kier alpha value is -2.82. The van der Waals surface area contributed by atoms with Crippen LogP contribution in [0.15, 0.2) is 65.1 Å². The van der Waals surface area contributed by atoms with Crippen LogP contribution in [-0.2, 0) is 16.3 Å². The van der Waals surface area contributed by atoms with Crippen molar-refractivity contribution >= 4 is 38.7 Å². The predicted octanol–water partition coefficient (Wildman–Crippen LogP) is 7.31. The second-order valence-corrected chi connectivity index (χ2v) is 11.1. The van der Waals surface area contributed by atoms with E-state index in [2.05, 4.69) is 11.0 Å². The van der Waals surface area contributed by atoms with Crippen LogP contribution >= 0.6 is 23.2 Å². The largest absolute Gasteiger partial charge is 0.387 e. The summed E-state index contributed by atoms with van der Waals surface area (Å²) in [6.07, 6.45) is 10.2. The fourth-order valence-electron chi connectivity index (χ4n) is 3.63. The molecule has 8 heteroatoms. The van der Waals surface area contributed by atoms with Gasteiger partial charge in [-0.15, -0.1) is 6.42 Å². The molecule has 0 fully saturated rings. The summed E-state index contributed by atoms with van der Waals surface area (Å²) in [6, 6.07) is 12.5. The van der Waals surface area contributed by atoms with Gasteiger partial charge in [0.15, 0.2) is 9.84 Å². The maximum absolute atomic E-state index is 12.0. The Kier molecular flexibility index (Phi) is 10.8. The second kappa shape index (κ2) is 13.1. The highest BCUT2D eigenvalue weighted by Gasteiger charge is 2.24. The van der Waals surface area contributed by atoms with E-state index in [4.69, 9.17) is 29.6 Å². The smallest absolute Gasteiger partial charge is 0.175 e. The zero-order valence-corrected chi connectivity index (χ0v) is 24.2. The van der Waals surface area contributed by atoms with Crippen LogP contribution in [0.2, 0.25) is 10.0 Å². The number of sulfone groups is 1. The molecule has 0 saturated heterocycles. The maximum Gasteiger partial charge on any atom is 0.175 e. The molecule has 1 atom stereocenters. The molecule has 1 unspecified atom stereocenters. The van der Waals surface area contributed by atoms with Crippen molar-refractivity contribution in [3.05, 3.63) is 87.1 Å². The maximum atomic E-state index is 12.0. The van der Waals surface area contributed by atoms with E-state index in [9.17, 15) is 13.5 Å². The molecule has 37 heavy (non-hydrogen) atoms. The van der Waals surface area contributed by atoms with E-state index in [1.807, 2.05) is 57.2 Å². The number of hydrogen-bond donors (Lipinski definition) is 1. The molecule has 1 N–H and O–H groups in total. The average Bonchev–Trinajstić information content (AvgIpc) is 3.19. The molecule has 3 rings (SSSR count). The molecular weight excluding hydrogens is 527 g/mol. The van der Waals surface area contributed by atoms with Gasteiger partial charge in [-0.25, -0.2) is 13.1 Å². The van der Waals surface area contributed by atoms with Crippen molar-refractivity contribution < 1.29 is 13.5 Å². The van der Waals surface area contributed by atoms with Gasteiger partial charge >= 0.3 is 0 Å². The van der Waals surface area contributed by atoms with Crippen LogP contribution in [0.4, 0.5) is 0 Å². The molecule has 0 saturated carbocycles. The molecule has 0 aliphatic rings. The van der Waals surface area contributed by atoms with Crippen molar-refractivity contribution in [2.75, 3.05) is 6.26 Å². The van der Waals surface area contributed by atoms with Crippen molar-refractivity contribution in [3.63, 3.8) is 0 Å². The third kappa shape index (κ3) is 7.37. The van der Waals surface area contributed by atoms with E-state index in [0.717, 1.165) is 11.1 Å². The van der Waals surface area contributed by atoms with Gasteiger partial charge < -0.3 is 5.11 Å². The lowest BCUT2D eigenvalue weighted by Gasteiger charge is -2.12. The van der Waals surface area contributed by atoms with Crippen molar-refractivity contribution in [1.82, 2.24) is 9.78 Å². The number of hydrogen-bond acceptors (Lipinski definition) is 4. The Bertz CT molecular complexity index is 1480. The number of terminal acetylenes is 1. The van der Waals surface area contributed by atoms with Gasteiger partial charge in [-0.2, -0.15) is 5.10 Å². The van der Waals surface area contributed by atoms with Gasteiger partial charge in [-0.3, -0.25) is 0 Å². The summed E-state index contributed by atoms with van der Waals surface area (Å²) < 4.78 is 25.6. The number of rotatable bonds is 7. The monoisotopic (exact) mass is 558 g/mol. The first-order valence-electron chi connectivity index (χ1n) is 11.8. The first-order chi connectivity index (χ1) is 17.4. The molecule has 3 aromatic rings. The van der Waals surface area contributed by atoms with Gasteiger partial charge in [0.25, 0.3) is 0 Å². The lowest BCUT2D eigenvalue weighted by Crippen LogP contribution is -2.04. The van der Waals surface area contributed by atoms with Crippen molar-refractivity contribution in [3.8, 4) is 23.6 Å². The molecule has 0 radical (unpaired) electrons. The number of aliphatic hydroxyl groups excluding tert-OH is 1. The van der Waals surface area contributed by atoms with Crippen molar-refractivity contribution in [2.24, 2.45) is 0 Å². The van der Waals surface area contributed by atoms with E-state index in [1.54, 1.807) is 36.7 Å². The molecule has 0 aliphatic carbocycles. The Morgan fingerprint density at radius 1 is 1.22 bits per heavy atom. The molecule has 0 bridgehead atoms. The minimum absolute atomic E-state index is 0.276. The zero-order valence-electron chi connectivity index (χ0n) is 21.9. The summed E-state index contributed by atoms with van der Waals surface area (Å²) in [5.74, 6) is 2.65. The van der Waals surface area contributed by atoms with Gasteiger partial charge in [0.2, 0.25) is 0 Å². The van der Waals surface area contributed by atoms with Crippen LogP contribution in [0.25, 0.3) is 17.0 Å². The van der Waals surface area contributed by atoms with E-state index in [0.29, 0.717) is 39.7 Å². The zero-order chi connectivity index (χ0) is 27.9. The summed E-state index contributed by atoms with van der Waals surface area (Å²) in [7, 11) is -3.33. The number of aromatic nitrogens is 2. The Morgan fingerprint density at radius 3 is 2.43 bits per heavy atom. The summed E-state index contributed by atoms with van der Waals surface area (Å²) in [5, 5.41) is 15.6. The fourth-order valence-corrected chi connectivity index (χ4v) is 5.00. The molecule has 5 nitrogen and oxygen atoms in total. The standard InChI is InChI=1S/C27H26Cl2N2O3S.C2H6/c1-6-18(3)24(13-9-10-20-14-17(2)15-21(16-20)35(5,33)34)31-27(22-11-7-8-12-23(22)28)25(29)26(30-31)19(4)32;1-2/h1,7-9,11-16,19,32H,10H2,2-5H3;1-2H3/b13-9-,24-18+;. The van der Waals surface area contributed by atoms with Crippen LogP contribution in [0.5, 0.6) is 0 Å². The molecule has 196 valence electrons. The molecule has 0 aliphatic heterocycles. The van der Waals surface area contributed by atoms with Crippen LogP contribution in [0, 0.1) is 19.3 Å². The molecule has 2 aromatic carbocycles. The van der Waals surface area contributed by atoms with Crippen molar-refractivity contribution in [1.29, 1.82) is 0 Å². The van der Waals surface area contributed by atoms with Crippen molar-refractivity contribution in [2.45, 2.75) is 52.0 Å². The van der Waals surface area contributed by atoms with Crippen LogP contribution in [0.3, 0.4) is 0 Å². The van der Waals surface area contributed by atoms with E-state index < -0.39 is 15.9 Å². The summed E-state index contributed by atoms with van der Waals surface area (Å²) >= 11 is 13.1. The average molecular weight is 560 g/mol. The van der Waals surface area contributed by atoms with Crippen LogP contribution < -0.4 is 0 Å². The molecule has 0 spiro atoms. The number of aliphatic hydroxyl groups is 1. The molecule has 1 aromatic heterocycles. The van der Waals surface area contributed by atoms with Gasteiger partial charge in [-0.1, -0.05) is 73.3 Å². The summed E-state index contributed by atoms with van der Waals surface area (Å²) in [4.78, 5) is 0.276. The van der Waals surface area contributed by atoms with Gasteiger partial charge in [0.1, 0.15) is 5.69 Å². The molecular formula is C29H32Cl2N2O3S. The fraction of sp³-hybridized carbons (Fsp3) is 0.276. The third-order valence-electron chi connectivity index (χ3n) is 5.37. The Labute approximate surface area is 230 Å². The minimum atomic E-state index is -3.33. The number of nitrogens with zero attached hydrogens (tertiary/aromatic N) is 2. The van der Waals surface area contributed by atoms with E-state index in [1.165, 1.54) is 6.26 Å². The number of benzene rings is 2. The van der Waals surface area contributed by atoms with Gasteiger partial charge in [-0.05, 0) is 62.6 Å². The predicted molar refractivity (Wildman–Crippen MR) is 155 cm³/mol. The Morgan fingerprint density at radius 2 is 1.86 bits per heavy atom. The minimum Gasteiger partial charge on any atom is -0.387 e. The van der Waals surface area contributed by atoms with Gasteiger partial charge in [0, 0.05) is 17.4 Å². The normalized spacial score (nSPS) is 13.0. The first kappa shape index (κ1) is 30.4. The third-order valence-corrected chi connectivity index (χ3v) is 7.17. The highest BCUT2D eigenvalue weighted by molar-refractivity contribution is 7.90. The highest BCUT2D eigenvalue weighted by atomic mass is 35.5. The second-order valence-electron chi connectivity index (χ2n) is 8.30. The van der Waals surface area contributed by atoms with E-state index in [-0.39, 0.29) is 9.92 Å². The number of halogens is 2.